The first kappa shape index (κ1) is 16.8. The van der Waals surface area contributed by atoms with Crippen LogP contribution >= 0.6 is 0 Å². The van der Waals surface area contributed by atoms with Crippen molar-refractivity contribution in [1.29, 1.82) is 0 Å². The summed E-state index contributed by atoms with van der Waals surface area (Å²) in [7, 11) is 1.46. The lowest BCUT2D eigenvalue weighted by molar-refractivity contribution is -0.139. The molecule has 4 rings (SSSR count). The van der Waals surface area contributed by atoms with E-state index >= 15 is 0 Å². The molecule has 8 heteroatoms. The summed E-state index contributed by atoms with van der Waals surface area (Å²) in [6.07, 6.45) is -1.09. The number of rotatable bonds is 3. The highest BCUT2D eigenvalue weighted by atomic mass is 16.6. The van der Waals surface area contributed by atoms with Gasteiger partial charge in [0.15, 0.2) is 5.92 Å². The molecule has 8 nitrogen and oxygen atoms in total. The van der Waals surface area contributed by atoms with E-state index in [1.807, 2.05) is 0 Å². The summed E-state index contributed by atoms with van der Waals surface area (Å²) in [6, 6.07) is 12.0. The summed E-state index contributed by atoms with van der Waals surface area (Å²) in [5, 5.41) is 2.16. The summed E-state index contributed by atoms with van der Waals surface area (Å²) in [5.41, 5.74) is 0.982. The van der Waals surface area contributed by atoms with E-state index in [9.17, 15) is 19.2 Å². The fourth-order valence-electron chi connectivity index (χ4n) is 3.27. The number of methoxy groups -OCH3 is 1. The molecule has 2 aliphatic heterocycles. The van der Waals surface area contributed by atoms with Crippen LogP contribution in [-0.2, 0) is 14.3 Å². The van der Waals surface area contributed by atoms with E-state index < -0.39 is 35.8 Å². The minimum absolute atomic E-state index is 0.243. The van der Waals surface area contributed by atoms with Gasteiger partial charge in [-0.2, -0.15) is 0 Å². The average molecular weight is 366 g/mol. The second kappa shape index (κ2) is 6.24. The van der Waals surface area contributed by atoms with Gasteiger partial charge in [-0.15, -0.1) is 0 Å². The Morgan fingerprint density at radius 3 is 2.59 bits per heavy atom. The van der Waals surface area contributed by atoms with Crippen molar-refractivity contribution in [3.63, 3.8) is 0 Å². The van der Waals surface area contributed by atoms with Crippen LogP contribution in [0.3, 0.4) is 0 Å². The van der Waals surface area contributed by atoms with Gasteiger partial charge in [0.2, 0.25) is 5.91 Å². The molecule has 1 saturated heterocycles. The maximum Gasteiger partial charge on any atom is 0.339 e. The number of nitrogens with zero attached hydrogens (tertiary/aromatic N) is 1. The zero-order valence-corrected chi connectivity index (χ0v) is 14.2. The van der Waals surface area contributed by atoms with Crippen molar-refractivity contribution in [2.24, 2.45) is 5.92 Å². The Labute approximate surface area is 153 Å². The van der Waals surface area contributed by atoms with Crippen LogP contribution in [0.25, 0.3) is 0 Å². The standard InChI is InChI=1S/C19H14N2O6/c1-26-11-6-4-5-10(9-11)21-17(23)14(16(22)20-19(21)25)15-12-7-2-3-8-13(12)18(24)27-15/h2-9,14-15H,1H3,(H,20,22,25). The lowest BCUT2D eigenvalue weighted by atomic mass is 9.91. The molecule has 0 bridgehead atoms. The number of carbonyl (C=O) groups excluding carboxylic acids is 4. The van der Waals surface area contributed by atoms with Crippen molar-refractivity contribution < 1.29 is 28.7 Å². The Morgan fingerprint density at radius 2 is 1.81 bits per heavy atom. The van der Waals surface area contributed by atoms with Crippen LogP contribution in [0.15, 0.2) is 48.5 Å². The van der Waals surface area contributed by atoms with Gasteiger partial charge in [0, 0.05) is 11.6 Å². The first-order valence-corrected chi connectivity index (χ1v) is 8.14. The molecular weight excluding hydrogens is 352 g/mol. The second-order valence-electron chi connectivity index (χ2n) is 6.06. The first-order chi connectivity index (χ1) is 13.0. The fourth-order valence-corrected chi connectivity index (χ4v) is 3.27. The van der Waals surface area contributed by atoms with Gasteiger partial charge in [0.1, 0.15) is 11.9 Å². The molecule has 0 saturated carbocycles. The smallest absolute Gasteiger partial charge is 0.339 e. The molecule has 1 fully saturated rings. The molecule has 0 spiro atoms. The van der Waals surface area contributed by atoms with E-state index in [1.165, 1.54) is 13.2 Å². The summed E-state index contributed by atoms with van der Waals surface area (Å²) < 4.78 is 10.4. The molecule has 2 aromatic carbocycles. The predicted octanol–water partition coefficient (Wildman–Crippen LogP) is 1.81. The maximum absolute atomic E-state index is 13.1. The Bertz CT molecular complexity index is 986. The molecule has 136 valence electrons. The van der Waals surface area contributed by atoms with Crippen LogP contribution in [0.2, 0.25) is 0 Å². The van der Waals surface area contributed by atoms with Crippen molar-refractivity contribution in [3.05, 3.63) is 59.7 Å². The van der Waals surface area contributed by atoms with Crippen molar-refractivity contribution in [1.82, 2.24) is 5.32 Å². The Balaban J connectivity index is 1.74. The summed E-state index contributed by atoms with van der Waals surface area (Å²) >= 11 is 0. The summed E-state index contributed by atoms with van der Waals surface area (Å²) in [5.74, 6) is -3.12. The summed E-state index contributed by atoms with van der Waals surface area (Å²) in [4.78, 5) is 50.7. The zero-order valence-electron chi connectivity index (χ0n) is 14.2. The van der Waals surface area contributed by atoms with Crippen molar-refractivity contribution in [3.8, 4) is 5.75 Å². The van der Waals surface area contributed by atoms with E-state index in [2.05, 4.69) is 5.32 Å². The topological polar surface area (TPSA) is 102 Å². The average Bonchev–Trinajstić information content (AvgIpc) is 2.98. The van der Waals surface area contributed by atoms with Gasteiger partial charge in [-0.25, -0.2) is 14.5 Å². The molecule has 4 amide bonds. The van der Waals surface area contributed by atoms with Crippen LogP contribution in [0.4, 0.5) is 10.5 Å². The molecule has 2 aromatic rings. The number of fused-ring (bicyclic) bond motifs is 1. The quantitative estimate of drug-likeness (QED) is 0.657. The van der Waals surface area contributed by atoms with E-state index in [-0.39, 0.29) is 5.69 Å². The van der Waals surface area contributed by atoms with Gasteiger partial charge in [0.05, 0.1) is 18.4 Å². The third-order valence-corrected chi connectivity index (χ3v) is 4.54. The number of anilines is 1. The van der Waals surface area contributed by atoms with Gasteiger partial charge in [-0.1, -0.05) is 24.3 Å². The van der Waals surface area contributed by atoms with Crippen molar-refractivity contribution in [2.75, 3.05) is 12.0 Å². The number of nitrogens with one attached hydrogen (secondary N) is 1. The maximum atomic E-state index is 13.1. The van der Waals surface area contributed by atoms with E-state index in [4.69, 9.17) is 9.47 Å². The molecular formula is C19H14N2O6. The minimum atomic E-state index is -1.37. The summed E-state index contributed by atoms with van der Waals surface area (Å²) in [6.45, 7) is 0. The normalized spacial score (nSPS) is 21.6. The largest absolute Gasteiger partial charge is 0.497 e. The molecule has 0 aromatic heterocycles. The number of urea groups is 1. The number of hydrogen-bond acceptors (Lipinski definition) is 6. The lowest BCUT2D eigenvalue weighted by Gasteiger charge is -2.32. The Hall–Kier alpha value is -3.68. The number of carbonyl (C=O) groups is 4. The number of imide groups is 2. The van der Waals surface area contributed by atoms with E-state index in [1.54, 1.807) is 42.5 Å². The third kappa shape index (κ3) is 2.62. The number of cyclic esters (lactones) is 1. The number of amides is 4. The zero-order chi connectivity index (χ0) is 19.1. The number of hydrogen-bond donors (Lipinski definition) is 1. The van der Waals surface area contributed by atoms with Crippen LogP contribution < -0.4 is 15.0 Å². The van der Waals surface area contributed by atoms with Gasteiger partial charge in [-0.3, -0.25) is 14.9 Å². The molecule has 27 heavy (non-hydrogen) atoms. The molecule has 2 unspecified atom stereocenters. The number of esters is 1. The SMILES string of the molecule is COc1cccc(N2C(=O)NC(=O)C(C3OC(=O)c4ccccc43)C2=O)c1. The number of benzene rings is 2. The monoisotopic (exact) mass is 366 g/mol. The Morgan fingerprint density at radius 1 is 1.04 bits per heavy atom. The molecule has 2 aliphatic rings. The fraction of sp³-hybridized carbons (Fsp3) is 0.158. The van der Waals surface area contributed by atoms with E-state index in [0.717, 1.165) is 4.90 Å². The van der Waals surface area contributed by atoms with Crippen LogP contribution in [0.5, 0.6) is 5.75 Å². The van der Waals surface area contributed by atoms with Gasteiger partial charge in [-0.05, 0) is 18.2 Å². The predicted molar refractivity (Wildman–Crippen MR) is 92.1 cm³/mol. The van der Waals surface area contributed by atoms with Crippen molar-refractivity contribution >= 4 is 29.5 Å². The van der Waals surface area contributed by atoms with E-state index in [0.29, 0.717) is 16.9 Å². The number of ether oxygens (including phenoxy) is 2. The molecule has 1 N–H and O–H groups in total. The molecule has 0 aliphatic carbocycles. The second-order valence-corrected chi connectivity index (χ2v) is 6.06. The van der Waals surface area contributed by atoms with Crippen LogP contribution in [-0.4, -0.2) is 30.9 Å². The first-order valence-electron chi connectivity index (χ1n) is 8.14. The van der Waals surface area contributed by atoms with Gasteiger partial charge < -0.3 is 9.47 Å². The highest BCUT2D eigenvalue weighted by molar-refractivity contribution is 6.28. The molecule has 0 radical (unpaired) electrons. The van der Waals surface area contributed by atoms with Crippen LogP contribution in [0.1, 0.15) is 22.0 Å². The van der Waals surface area contributed by atoms with Crippen molar-refractivity contribution in [2.45, 2.75) is 6.10 Å². The van der Waals surface area contributed by atoms with Gasteiger partial charge >= 0.3 is 12.0 Å². The third-order valence-electron chi connectivity index (χ3n) is 4.54. The minimum Gasteiger partial charge on any atom is -0.497 e. The molecule has 2 atom stereocenters. The van der Waals surface area contributed by atoms with Gasteiger partial charge in [0.25, 0.3) is 5.91 Å². The van der Waals surface area contributed by atoms with Crippen LogP contribution in [0, 0.1) is 5.92 Å². The molecule has 2 heterocycles. The lowest BCUT2D eigenvalue weighted by Crippen LogP contribution is -2.59. The number of barbiturate groups is 1. The highest BCUT2D eigenvalue weighted by Gasteiger charge is 2.50. The highest BCUT2D eigenvalue weighted by Crippen LogP contribution is 2.39. The Kier molecular flexibility index (Phi) is 3.88.